The molecule has 0 aromatic heterocycles. The van der Waals surface area contributed by atoms with Gasteiger partial charge in [-0.05, 0) is 50.1 Å². The van der Waals surface area contributed by atoms with Crippen molar-refractivity contribution >= 4 is 11.8 Å². The maximum atomic E-state index is 12.2. The molecule has 124 valence electrons. The second-order valence-electron chi connectivity index (χ2n) is 6.48. The Labute approximate surface area is 140 Å². The maximum absolute atomic E-state index is 12.2. The van der Waals surface area contributed by atoms with Crippen molar-refractivity contribution < 1.29 is 19.0 Å². The molecule has 2 aromatic carbocycles. The lowest BCUT2D eigenvalue weighted by molar-refractivity contribution is -0.0514. The molecule has 2 atom stereocenters. The van der Waals surface area contributed by atoms with Gasteiger partial charge in [0.2, 0.25) is 6.29 Å². The van der Waals surface area contributed by atoms with Crippen LogP contribution in [0.4, 0.5) is 10.5 Å². The van der Waals surface area contributed by atoms with Crippen molar-refractivity contribution in [1.82, 2.24) is 0 Å². The molecule has 0 spiro atoms. The number of anilines is 1. The lowest BCUT2D eigenvalue weighted by Gasteiger charge is -2.20. The molecule has 1 saturated heterocycles. The molecule has 24 heavy (non-hydrogen) atoms. The number of ether oxygens (including phenoxy) is 3. The van der Waals surface area contributed by atoms with E-state index in [9.17, 15) is 4.79 Å². The fourth-order valence-corrected chi connectivity index (χ4v) is 3.30. The third kappa shape index (κ3) is 2.41. The van der Waals surface area contributed by atoms with Crippen LogP contribution in [0.15, 0.2) is 42.5 Å². The molecule has 2 aliphatic rings. The van der Waals surface area contributed by atoms with Gasteiger partial charge in [-0.1, -0.05) is 18.2 Å². The van der Waals surface area contributed by atoms with E-state index in [-0.39, 0.29) is 11.7 Å². The Morgan fingerprint density at radius 1 is 1.29 bits per heavy atom. The zero-order valence-electron chi connectivity index (χ0n) is 13.7. The number of nitrogens with one attached hydrogen (secondary N) is 1. The highest BCUT2D eigenvalue weighted by molar-refractivity contribution is 5.87. The van der Waals surface area contributed by atoms with E-state index in [1.807, 2.05) is 43.3 Å². The quantitative estimate of drug-likeness (QED) is 0.906. The van der Waals surface area contributed by atoms with Gasteiger partial charge in [-0.2, -0.15) is 0 Å². The van der Waals surface area contributed by atoms with Crippen LogP contribution in [0.1, 0.15) is 24.5 Å². The third-order valence-corrected chi connectivity index (χ3v) is 4.80. The molecule has 2 heterocycles. The Hall–Kier alpha value is -2.53. The number of hydrogen-bond acceptors (Lipinski definition) is 4. The Morgan fingerprint density at radius 3 is 2.96 bits per heavy atom. The minimum Gasteiger partial charge on any atom is -0.464 e. The normalized spacial score (nSPS) is 24.0. The van der Waals surface area contributed by atoms with Gasteiger partial charge in [-0.3, -0.25) is 5.32 Å². The summed E-state index contributed by atoms with van der Waals surface area (Å²) in [5.41, 5.74) is 2.57. The summed E-state index contributed by atoms with van der Waals surface area (Å²) in [4.78, 5) is 12.2. The molecular weight excluding hydrogens is 306 g/mol. The van der Waals surface area contributed by atoms with E-state index >= 15 is 0 Å². The first kappa shape index (κ1) is 15.0. The van der Waals surface area contributed by atoms with Crippen LogP contribution >= 0.6 is 0 Å². The van der Waals surface area contributed by atoms with Crippen LogP contribution in [-0.4, -0.2) is 19.0 Å². The number of hydrogen-bond donors (Lipinski definition) is 1. The minimum atomic E-state index is -0.507. The number of fused-ring (bicyclic) bond motifs is 3. The van der Waals surface area contributed by atoms with Gasteiger partial charge in [0.1, 0.15) is 11.5 Å². The minimum absolute atomic E-state index is 0.179. The van der Waals surface area contributed by atoms with Gasteiger partial charge in [0.05, 0.1) is 12.0 Å². The molecule has 0 radical (unpaired) electrons. The van der Waals surface area contributed by atoms with E-state index in [4.69, 9.17) is 14.2 Å². The van der Waals surface area contributed by atoms with Crippen LogP contribution in [0, 0.1) is 6.92 Å². The largest absolute Gasteiger partial charge is 0.464 e. The van der Waals surface area contributed by atoms with Crippen molar-refractivity contribution in [3.8, 4) is 11.5 Å². The Balaban J connectivity index is 1.52. The van der Waals surface area contributed by atoms with E-state index in [2.05, 4.69) is 12.2 Å². The van der Waals surface area contributed by atoms with E-state index in [0.717, 1.165) is 29.0 Å². The lowest BCUT2D eigenvalue weighted by atomic mass is 9.82. The lowest BCUT2D eigenvalue weighted by Crippen LogP contribution is -2.30. The molecule has 2 aliphatic heterocycles. The predicted molar refractivity (Wildman–Crippen MR) is 89.6 cm³/mol. The first-order valence-electron chi connectivity index (χ1n) is 8.03. The number of benzene rings is 2. The zero-order valence-corrected chi connectivity index (χ0v) is 13.7. The maximum Gasteiger partial charge on any atom is 0.417 e. The molecule has 1 amide bonds. The molecule has 5 nitrogen and oxygen atoms in total. The molecule has 4 rings (SSSR count). The van der Waals surface area contributed by atoms with Crippen LogP contribution in [-0.2, 0) is 10.2 Å². The Kier molecular flexibility index (Phi) is 3.46. The molecule has 0 aliphatic carbocycles. The number of carbonyl (C=O) groups is 1. The number of carbonyl (C=O) groups excluding carboxylic acids is 1. The van der Waals surface area contributed by atoms with Crippen molar-refractivity contribution in [2.75, 3.05) is 11.9 Å². The molecule has 2 aromatic rings. The summed E-state index contributed by atoms with van der Waals surface area (Å²) in [6.07, 6.45) is 0.139. The summed E-state index contributed by atoms with van der Waals surface area (Å²) >= 11 is 0. The Morgan fingerprint density at radius 2 is 2.12 bits per heavy atom. The molecule has 0 bridgehead atoms. The van der Waals surface area contributed by atoms with Gasteiger partial charge >= 0.3 is 6.09 Å². The van der Waals surface area contributed by atoms with Crippen LogP contribution in [0.5, 0.6) is 11.5 Å². The van der Waals surface area contributed by atoms with Crippen molar-refractivity contribution in [1.29, 1.82) is 0 Å². The van der Waals surface area contributed by atoms with E-state index in [0.29, 0.717) is 12.4 Å². The number of para-hydroxylation sites is 1. The number of aryl methyl sites for hydroxylation is 1. The molecule has 5 heteroatoms. The fourth-order valence-electron chi connectivity index (χ4n) is 3.30. The summed E-state index contributed by atoms with van der Waals surface area (Å²) in [6.45, 7) is 4.73. The standard InChI is InChI=1S/C19H19NO4/c1-12-5-3-4-6-15(12)20-18(21)23-13-7-8-16-14(11-13)19(2)9-10-22-17(19)24-16/h3-8,11,17H,9-10H2,1-2H3,(H,20,21)/t17?,19-/m0/s1. The van der Waals surface area contributed by atoms with Gasteiger partial charge in [0.15, 0.2) is 0 Å². The van der Waals surface area contributed by atoms with Gasteiger partial charge in [0.25, 0.3) is 0 Å². The fraction of sp³-hybridized carbons (Fsp3) is 0.316. The number of rotatable bonds is 2. The molecular formula is C19H19NO4. The second-order valence-corrected chi connectivity index (χ2v) is 6.48. The Bertz CT molecular complexity index is 804. The summed E-state index contributed by atoms with van der Waals surface area (Å²) in [5.74, 6) is 1.30. The van der Waals surface area contributed by atoms with Gasteiger partial charge in [0, 0.05) is 11.3 Å². The average Bonchev–Trinajstić information content (AvgIpc) is 3.04. The first-order chi connectivity index (χ1) is 11.6. The first-order valence-corrected chi connectivity index (χ1v) is 8.03. The highest BCUT2D eigenvalue weighted by Crippen LogP contribution is 2.49. The van der Waals surface area contributed by atoms with Crippen molar-refractivity contribution in [3.05, 3.63) is 53.6 Å². The van der Waals surface area contributed by atoms with E-state index in [1.54, 1.807) is 6.07 Å². The molecule has 0 saturated carbocycles. The smallest absolute Gasteiger partial charge is 0.417 e. The molecule has 1 N–H and O–H groups in total. The van der Waals surface area contributed by atoms with Crippen LogP contribution in [0.2, 0.25) is 0 Å². The van der Waals surface area contributed by atoms with Crippen LogP contribution in [0.3, 0.4) is 0 Å². The topological polar surface area (TPSA) is 56.8 Å². The SMILES string of the molecule is Cc1ccccc1NC(=O)Oc1ccc2c(c1)[C@]1(C)CCOC1O2. The van der Waals surface area contributed by atoms with E-state index in [1.165, 1.54) is 0 Å². The highest BCUT2D eigenvalue weighted by atomic mass is 16.7. The van der Waals surface area contributed by atoms with Crippen LogP contribution in [0.25, 0.3) is 0 Å². The average molecular weight is 325 g/mol. The van der Waals surface area contributed by atoms with Crippen molar-refractivity contribution in [2.24, 2.45) is 0 Å². The summed E-state index contributed by atoms with van der Waals surface area (Å²) < 4.78 is 16.9. The molecule has 1 unspecified atom stereocenters. The number of amides is 1. The van der Waals surface area contributed by atoms with Gasteiger partial charge < -0.3 is 14.2 Å². The zero-order chi connectivity index (χ0) is 16.7. The van der Waals surface area contributed by atoms with Crippen molar-refractivity contribution in [3.63, 3.8) is 0 Å². The summed E-state index contributed by atoms with van der Waals surface area (Å²) in [6, 6.07) is 13.0. The van der Waals surface area contributed by atoms with E-state index < -0.39 is 6.09 Å². The summed E-state index contributed by atoms with van der Waals surface area (Å²) in [7, 11) is 0. The predicted octanol–water partition coefficient (Wildman–Crippen LogP) is 4.00. The molecule has 1 fully saturated rings. The van der Waals surface area contributed by atoms with Gasteiger partial charge in [-0.15, -0.1) is 0 Å². The highest BCUT2D eigenvalue weighted by Gasteiger charge is 2.50. The third-order valence-electron chi connectivity index (χ3n) is 4.80. The van der Waals surface area contributed by atoms with Gasteiger partial charge in [-0.25, -0.2) is 4.79 Å². The summed E-state index contributed by atoms with van der Waals surface area (Å²) in [5, 5.41) is 2.77. The monoisotopic (exact) mass is 325 g/mol. The van der Waals surface area contributed by atoms with Crippen molar-refractivity contribution in [2.45, 2.75) is 32.0 Å². The van der Waals surface area contributed by atoms with Crippen LogP contribution < -0.4 is 14.8 Å². The second kappa shape index (κ2) is 5.53.